The summed E-state index contributed by atoms with van der Waals surface area (Å²) >= 11 is 0. The molecule has 0 fully saturated rings. The molecule has 0 aliphatic heterocycles. The molecular weight excluding hydrogens is 503 g/mol. The van der Waals surface area contributed by atoms with E-state index in [9.17, 15) is 9.50 Å². The number of benzene rings is 4. The molecule has 0 amide bonds. The summed E-state index contributed by atoms with van der Waals surface area (Å²) in [5, 5.41) is 17.5. The topological polar surface area (TPSA) is 47.3 Å². The Morgan fingerprint density at radius 2 is 1.51 bits per heavy atom. The molecule has 0 aliphatic carbocycles. The number of nitrogens with zero attached hydrogens (tertiary/aromatic N) is 2. The molecule has 4 aromatic carbocycles. The van der Waals surface area contributed by atoms with Crippen molar-refractivity contribution in [2.24, 2.45) is 7.05 Å². The van der Waals surface area contributed by atoms with Gasteiger partial charge < -0.3 is 9.53 Å². The van der Waals surface area contributed by atoms with Gasteiger partial charge in [0.1, 0.15) is 11.6 Å². The van der Waals surface area contributed by atoms with Crippen LogP contribution in [-0.4, -0.2) is 23.2 Å². The van der Waals surface area contributed by atoms with Crippen molar-refractivity contribution in [1.82, 2.24) is 9.78 Å². The predicted molar refractivity (Wildman–Crippen MR) is 160 cm³/mol. The summed E-state index contributed by atoms with van der Waals surface area (Å²) in [7, 11) is -1.06. The lowest BCUT2D eigenvalue weighted by molar-refractivity contribution is 0.275. The van der Waals surface area contributed by atoms with Gasteiger partial charge in [-0.2, -0.15) is 5.10 Å². The van der Waals surface area contributed by atoms with Crippen molar-refractivity contribution in [3.8, 4) is 5.75 Å². The van der Waals surface area contributed by atoms with E-state index in [2.05, 4.69) is 74.4 Å². The normalized spacial score (nSPS) is 12.4. The van der Waals surface area contributed by atoms with Crippen LogP contribution in [0.3, 0.4) is 0 Å². The molecule has 1 N–H and O–H groups in total. The van der Waals surface area contributed by atoms with E-state index < -0.39 is 8.32 Å². The highest BCUT2D eigenvalue weighted by molar-refractivity contribution is 7.00. The van der Waals surface area contributed by atoms with E-state index >= 15 is 0 Å². The highest BCUT2D eigenvalue weighted by atomic mass is 28.4. The lowest BCUT2D eigenvalue weighted by atomic mass is 10.0. The van der Waals surface area contributed by atoms with Crippen molar-refractivity contribution in [2.75, 3.05) is 0 Å². The molecule has 0 bridgehead atoms. The Kier molecular flexibility index (Phi) is 7.25. The number of rotatable bonds is 7. The second-order valence-electron chi connectivity index (χ2n) is 10.8. The van der Waals surface area contributed by atoms with Crippen LogP contribution in [0.2, 0.25) is 5.04 Å². The lowest BCUT2D eigenvalue weighted by Crippen LogP contribution is -2.68. The molecule has 39 heavy (non-hydrogen) atoms. The van der Waals surface area contributed by atoms with E-state index in [0.717, 1.165) is 27.8 Å². The van der Waals surface area contributed by atoms with Crippen LogP contribution < -0.4 is 14.8 Å². The molecule has 0 radical (unpaired) electrons. The van der Waals surface area contributed by atoms with Crippen molar-refractivity contribution < 1.29 is 13.9 Å². The second-order valence-corrected chi connectivity index (χ2v) is 15.0. The minimum atomic E-state index is -2.90. The predicted octanol–water partition coefficient (Wildman–Crippen LogP) is 6.31. The van der Waals surface area contributed by atoms with E-state index in [1.54, 1.807) is 16.8 Å². The van der Waals surface area contributed by atoms with E-state index in [0.29, 0.717) is 5.69 Å². The maximum atomic E-state index is 14.4. The highest BCUT2D eigenvalue weighted by Gasteiger charge is 2.52. The number of aromatic nitrogens is 2. The number of fused-ring (bicyclic) bond motifs is 1. The fraction of sp³-hybridized carbons (Fsp3) is 0.182. The molecule has 0 atom stereocenters. The zero-order valence-electron chi connectivity index (χ0n) is 22.7. The number of hydrogen-bond acceptors (Lipinski definition) is 3. The van der Waals surface area contributed by atoms with Gasteiger partial charge in [0, 0.05) is 12.4 Å². The Morgan fingerprint density at radius 3 is 2.08 bits per heavy atom. The first-order valence-electron chi connectivity index (χ1n) is 13.1. The van der Waals surface area contributed by atoms with Gasteiger partial charge in [0.15, 0.2) is 0 Å². The standard InChI is InChI=1S/C33H33FN2O2Si/c1-33(2,3)39(29-11-7-5-8-12-29,30-13-9-6-10-14-30)38-32-20-24(19-25-21-26(34)16-18-31(25)32)15-17-28-22-27(23-37)35-36(28)4/h5-22,37H,23H2,1-4H3. The van der Waals surface area contributed by atoms with Crippen molar-refractivity contribution in [2.45, 2.75) is 32.4 Å². The van der Waals surface area contributed by atoms with Gasteiger partial charge in [-0.1, -0.05) is 87.5 Å². The van der Waals surface area contributed by atoms with Gasteiger partial charge >= 0.3 is 8.32 Å². The van der Waals surface area contributed by atoms with Gasteiger partial charge in [-0.15, -0.1) is 0 Å². The summed E-state index contributed by atoms with van der Waals surface area (Å²) in [5.74, 6) is 0.432. The molecule has 0 aliphatic rings. The fourth-order valence-electron chi connectivity index (χ4n) is 5.28. The minimum absolute atomic E-state index is 0.118. The molecule has 0 unspecified atom stereocenters. The molecule has 1 aromatic heterocycles. The molecule has 0 spiro atoms. The molecule has 5 rings (SSSR count). The van der Waals surface area contributed by atoms with E-state index in [-0.39, 0.29) is 17.5 Å². The maximum absolute atomic E-state index is 14.4. The van der Waals surface area contributed by atoms with Crippen LogP contribution in [0.25, 0.3) is 22.9 Å². The van der Waals surface area contributed by atoms with Crippen molar-refractivity contribution in [3.05, 3.63) is 120 Å². The smallest absolute Gasteiger partial charge is 0.319 e. The zero-order chi connectivity index (χ0) is 27.6. The first-order chi connectivity index (χ1) is 18.7. The van der Waals surface area contributed by atoms with E-state index in [1.165, 1.54) is 16.4 Å². The third-order valence-electron chi connectivity index (χ3n) is 7.15. The number of aryl methyl sites for hydroxylation is 1. The number of aliphatic hydroxyl groups excluding tert-OH is 1. The maximum Gasteiger partial charge on any atom is 0.319 e. The quantitative estimate of drug-likeness (QED) is 0.248. The summed E-state index contributed by atoms with van der Waals surface area (Å²) in [6, 6.07) is 31.7. The Balaban J connectivity index is 1.71. The average Bonchev–Trinajstić information content (AvgIpc) is 3.30. The van der Waals surface area contributed by atoms with E-state index in [1.807, 2.05) is 49.5 Å². The summed E-state index contributed by atoms with van der Waals surface area (Å²) in [6.45, 7) is 6.61. The Bertz CT molecular complexity index is 1580. The lowest BCUT2D eigenvalue weighted by Gasteiger charge is -2.43. The van der Waals surface area contributed by atoms with Gasteiger partial charge in [0.05, 0.1) is 18.0 Å². The number of halogens is 1. The first-order valence-corrected chi connectivity index (χ1v) is 15.0. The summed E-state index contributed by atoms with van der Waals surface area (Å²) in [5.41, 5.74) is 2.34. The third-order valence-corrected chi connectivity index (χ3v) is 12.1. The monoisotopic (exact) mass is 536 g/mol. The van der Waals surface area contributed by atoms with Gasteiger partial charge in [-0.3, -0.25) is 4.68 Å². The molecule has 0 saturated heterocycles. The van der Waals surface area contributed by atoms with E-state index in [4.69, 9.17) is 4.43 Å². The van der Waals surface area contributed by atoms with Gasteiger partial charge in [-0.25, -0.2) is 4.39 Å². The molecule has 0 saturated carbocycles. The molecule has 198 valence electrons. The molecule has 4 nitrogen and oxygen atoms in total. The summed E-state index contributed by atoms with van der Waals surface area (Å²) in [6.07, 6.45) is 3.92. The van der Waals surface area contributed by atoms with Crippen LogP contribution in [0.15, 0.2) is 97.1 Å². The summed E-state index contributed by atoms with van der Waals surface area (Å²) < 4.78 is 23.5. The Hall–Kier alpha value is -4.00. The van der Waals surface area contributed by atoms with Gasteiger partial charge in [-0.05, 0) is 68.8 Å². The molecule has 6 heteroatoms. The molecule has 1 heterocycles. The van der Waals surface area contributed by atoms with Crippen molar-refractivity contribution in [3.63, 3.8) is 0 Å². The van der Waals surface area contributed by atoms with Gasteiger partial charge in [0.2, 0.25) is 0 Å². The fourth-order valence-corrected chi connectivity index (χ4v) is 9.71. The highest BCUT2D eigenvalue weighted by Crippen LogP contribution is 2.40. The number of aliphatic hydroxyl groups is 1. The van der Waals surface area contributed by atoms with Crippen LogP contribution >= 0.6 is 0 Å². The zero-order valence-corrected chi connectivity index (χ0v) is 23.7. The molecule has 5 aromatic rings. The average molecular weight is 537 g/mol. The summed E-state index contributed by atoms with van der Waals surface area (Å²) in [4.78, 5) is 0. The number of hydrogen-bond donors (Lipinski definition) is 1. The third kappa shape index (κ3) is 5.18. The van der Waals surface area contributed by atoms with Crippen LogP contribution in [0.4, 0.5) is 4.39 Å². The minimum Gasteiger partial charge on any atom is -0.534 e. The first kappa shape index (κ1) is 26.6. The second kappa shape index (κ2) is 10.6. The van der Waals surface area contributed by atoms with Crippen LogP contribution in [0, 0.1) is 5.82 Å². The SMILES string of the molecule is Cn1nc(CO)cc1C=Cc1cc(O[Si](c2ccccc2)(c2ccccc2)C(C)(C)C)c2ccc(F)cc2c1. The Morgan fingerprint density at radius 1 is 0.872 bits per heavy atom. The molecular formula is C33H33FN2O2Si. The van der Waals surface area contributed by atoms with Crippen LogP contribution in [0.5, 0.6) is 5.75 Å². The van der Waals surface area contributed by atoms with Crippen molar-refractivity contribution >= 4 is 41.6 Å². The largest absolute Gasteiger partial charge is 0.534 e. The Labute approximate surface area is 230 Å². The van der Waals surface area contributed by atoms with Crippen LogP contribution in [-0.2, 0) is 13.7 Å². The van der Waals surface area contributed by atoms with Gasteiger partial charge in [0.25, 0.3) is 0 Å². The van der Waals surface area contributed by atoms with Crippen LogP contribution in [0.1, 0.15) is 37.7 Å². The van der Waals surface area contributed by atoms with Crippen molar-refractivity contribution in [1.29, 1.82) is 0 Å².